The Hall–Kier alpha value is -3.24. The van der Waals surface area contributed by atoms with Crippen molar-refractivity contribution in [3.8, 4) is 5.75 Å². The van der Waals surface area contributed by atoms with Crippen LogP contribution in [0, 0.1) is 0 Å². The molecule has 0 spiro atoms. The lowest BCUT2D eigenvalue weighted by Gasteiger charge is -2.29. The second-order valence-corrected chi connectivity index (χ2v) is 8.16. The van der Waals surface area contributed by atoms with Crippen LogP contribution in [0.25, 0.3) is 0 Å². The predicted octanol–water partition coefficient (Wildman–Crippen LogP) is 2.61. The summed E-state index contributed by atoms with van der Waals surface area (Å²) >= 11 is 6.22. The summed E-state index contributed by atoms with van der Waals surface area (Å²) in [6, 6.07) is 5.11. The molecule has 11 heteroatoms. The highest BCUT2D eigenvalue weighted by Gasteiger charge is 2.35. The van der Waals surface area contributed by atoms with Crippen LogP contribution in [-0.4, -0.2) is 66.0 Å². The predicted molar refractivity (Wildman–Crippen MR) is 125 cm³/mol. The van der Waals surface area contributed by atoms with E-state index in [9.17, 15) is 9.59 Å². The number of aromatic nitrogens is 2. The number of nitrogens with one attached hydrogen (secondary N) is 2. The maximum atomic E-state index is 12.7. The highest BCUT2D eigenvalue weighted by atomic mass is 35.5. The van der Waals surface area contributed by atoms with Gasteiger partial charge in [0, 0.05) is 44.9 Å². The van der Waals surface area contributed by atoms with Gasteiger partial charge in [0.05, 0.1) is 22.9 Å². The first kappa shape index (κ1) is 22.9. The Labute approximate surface area is 196 Å². The zero-order valence-corrected chi connectivity index (χ0v) is 18.7. The van der Waals surface area contributed by atoms with E-state index >= 15 is 0 Å². The Kier molecular flexibility index (Phi) is 7.36. The number of hydrogen-bond acceptors (Lipinski definition) is 8. The van der Waals surface area contributed by atoms with E-state index in [0.717, 1.165) is 37.6 Å². The number of carboxylic acids is 1. The molecule has 3 heterocycles. The number of benzene rings is 1. The van der Waals surface area contributed by atoms with Gasteiger partial charge >= 0.3 is 5.97 Å². The van der Waals surface area contributed by atoms with Crippen molar-refractivity contribution in [1.29, 1.82) is 0 Å². The van der Waals surface area contributed by atoms with Crippen molar-refractivity contribution < 1.29 is 19.4 Å². The Bertz CT molecular complexity index is 1060. The quantitative estimate of drug-likeness (QED) is 0.375. The molecule has 4 rings (SSSR count). The van der Waals surface area contributed by atoms with Crippen LogP contribution in [-0.2, 0) is 9.59 Å². The fraction of sp³-hybridized carbons (Fsp3) is 0.409. The molecule has 0 saturated carbocycles. The molecule has 10 nitrogen and oxygen atoms in total. The summed E-state index contributed by atoms with van der Waals surface area (Å²) in [6.45, 7) is 3.65. The van der Waals surface area contributed by atoms with Gasteiger partial charge in [0.1, 0.15) is 29.6 Å². The summed E-state index contributed by atoms with van der Waals surface area (Å²) < 4.78 is 5.70. The fourth-order valence-electron chi connectivity index (χ4n) is 3.77. The first-order valence-corrected chi connectivity index (χ1v) is 11.2. The molecule has 0 aliphatic carbocycles. The van der Waals surface area contributed by atoms with Crippen LogP contribution in [0.15, 0.2) is 29.5 Å². The molecule has 1 aromatic heterocycles. The lowest BCUT2D eigenvalue weighted by Crippen LogP contribution is -2.44. The Morgan fingerprint density at radius 2 is 2.12 bits per heavy atom. The van der Waals surface area contributed by atoms with Gasteiger partial charge in [-0.3, -0.25) is 14.6 Å². The second-order valence-electron chi connectivity index (χ2n) is 7.76. The number of nitrogens with zero attached hydrogens (tertiary/aromatic N) is 4. The molecule has 1 fully saturated rings. The van der Waals surface area contributed by atoms with Gasteiger partial charge in [-0.05, 0) is 25.0 Å². The maximum Gasteiger partial charge on any atom is 0.303 e. The number of rotatable bonds is 9. The largest absolute Gasteiger partial charge is 0.492 e. The number of aliphatic carboxylic acids is 1. The van der Waals surface area contributed by atoms with E-state index in [0.29, 0.717) is 41.7 Å². The highest BCUT2D eigenvalue weighted by molar-refractivity contribution is 6.32. The van der Waals surface area contributed by atoms with Gasteiger partial charge in [-0.25, -0.2) is 9.97 Å². The molecule has 174 valence electrons. The molecule has 0 bridgehead atoms. The van der Waals surface area contributed by atoms with Crippen LogP contribution >= 0.6 is 11.6 Å². The first-order valence-electron chi connectivity index (χ1n) is 10.8. The van der Waals surface area contributed by atoms with E-state index in [2.05, 4.69) is 30.5 Å². The van der Waals surface area contributed by atoms with Crippen molar-refractivity contribution in [2.45, 2.75) is 25.2 Å². The average molecular weight is 473 g/mol. The van der Waals surface area contributed by atoms with Crippen LogP contribution in [0.1, 0.15) is 30.7 Å². The molecule has 2 aliphatic heterocycles. The van der Waals surface area contributed by atoms with Crippen molar-refractivity contribution >= 4 is 47.0 Å². The number of carbonyl (C=O) groups is 2. The summed E-state index contributed by atoms with van der Waals surface area (Å²) in [5.74, 6) is 0.0890. The smallest absolute Gasteiger partial charge is 0.303 e. The van der Waals surface area contributed by atoms with Crippen LogP contribution in [0.3, 0.4) is 0 Å². The molecule has 2 aromatic rings. The van der Waals surface area contributed by atoms with Crippen molar-refractivity contribution in [2.75, 3.05) is 43.0 Å². The number of ether oxygens (including phenoxy) is 1. The summed E-state index contributed by atoms with van der Waals surface area (Å²) in [5, 5.41) is 15.3. The molecule has 1 atom stereocenters. The topological polar surface area (TPSA) is 129 Å². The average Bonchev–Trinajstić information content (AvgIpc) is 3.14. The van der Waals surface area contributed by atoms with Crippen LogP contribution in [0.5, 0.6) is 5.75 Å². The maximum absolute atomic E-state index is 12.7. The van der Waals surface area contributed by atoms with Crippen molar-refractivity contribution in [2.24, 2.45) is 4.99 Å². The molecule has 1 aromatic carbocycles. The second kappa shape index (κ2) is 10.6. The number of piperazine rings is 1. The van der Waals surface area contributed by atoms with E-state index in [1.807, 2.05) is 0 Å². The van der Waals surface area contributed by atoms with Crippen molar-refractivity contribution in [1.82, 2.24) is 15.3 Å². The summed E-state index contributed by atoms with van der Waals surface area (Å²) in [4.78, 5) is 38.6. The van der Waals surface area contributed by atoms with Crippen molar-refractivity contribution in [3.63, 3.8) is 0 Å². The molecule has 0 radical (unpaired) electrons. The molecule has 2 aliphatic rings. The van der Waals surface area contributed by atoms with Crippen molar-refractivity contribution in [3.05, 3.63) is 35.1 Å². The number of unbranched alkanes of at least 4 members (excludes halogenated alkanes) is 1. The third-order valence-corrected chi connectivity index (χ3v) is 5.76. The lowest BCUT2D eigenvalue weighted by molar-refractivity contribution is -0.137. The molecule has 1 saturated heterocycles. The molecule has 3 N–H and O–H groups in total. The third-order valence-electron chi connectivity index (χ3n) is 5.44. The van der Waals surface area contributed by atoms with E-state index in [1.54, 1.807) is 24.4 Å². The molecular formula is C22H25ClN6O4. The molecular weight excluding hydrogens is 448 g/mol. The Morgan fingerprint density at radius 1 is 1.30 bits per heavy atom. The Balaban J connectivity index is 1.49. The third kappa shape index (κ3) is 5.58. The van der Waals surface area contributed by atoms with Gasteiger partial charge in [0.15, 0.2) is 0 Å². The summed E-state index contributed by atoms with van der Waals surface area (Å²) in [5.41, 5.74) is 1.32. The standard InChI is InChI=1S/C22H25ClN6O4/c23-16-5-4-14(11-17(16)33-10-2-1-3-18(30)31)25-12-15-19-20(28-22(15)32)26-13-27-21(19)29-8-6-24-7-9-29/h4-5,11-13,15,24H,1-3,6-10H2,(H,30,31)(H,26,27,28,32). The minimum Gasteiger partial charge on any atom is -0.492 e. The van der Waals surface area contributed by atoms with Gasteiger partial charge in [-0.2, -0.15) is 0 Å². The number of anilines is 2. The minimum atomic E-state index is -0.826. The highest BCUT2D eigenvalue weighted by Crippen LogP contribution is 2.37. The fourth-order valence-corrected chi connectivity index (χ4v) is 3.94. The normalized spacial score (nSPS) is 17.8. The zero-order valence-electron chi connectivity index (χ0n) is 18.0. The molecule has 33 heavy (non-hydrogen) atoms. The van der Waals surface area contributed by atoms with Gasteiger partial charge < -0.3 is 25.4 Å². The SMILES string of the molecule is O=C(O)CCCCOc1cc(N=CC2C(=O)Nc3ncnc(N4CCNCC4)c32)ccc1Cl. The molecule has 1 amide bonds. The summed E-state index contributed by atoms with van der Waals surface area (Å²) in [6.07, 6.45) is 4.29. The number of carbonyl (C=O) groups excluding carboxylic acids is 1. The van der Waals surface area contributed by atoms with Crippen LogP contribution < -0.4 is 20.3 Å². The Morgan fingerprint density at radius 3 is 2.91 bits per heavy atom. The zero-order chi connectivity index (χ0) is 23.2. The number of amides is 1. The minimum absolute atomic E-state index is 0.103. The van der Waals surface area contributed by atoms with Gasteiger partial charge in [0.25, 0.3) is 0 Å². The number of fused-ring (bicyclic) bond motifs is 1. The molecule has 1 unspecified atom stereocenters. The van der Waals surface area contributed by atoms with Crippen LogP contribution in [0.4, 0.5) is 17.3 Å². The number of halogens is 1. The number of carboxylic acid groups (broad SMARTS) is 1. The van der Waals surface area contributed by atoms with E-state index in [1.165, 1.54) is 6.33 Å². The van der Waals surface area contributed by atoms with Gasteiger partial charge in [-0.1, -0.05) is 11.6 Å². The lowest BCUT2D eigenvalue weighted by atomic mass is 10.0. The monoisotopic (exact) mass is 472 g/mol. The van der Waals surface area contributed by atoms with E-state index in [-0.39, 0.29) is 12.3 Å². The van der Waals surface area contributed by atoms with Crippen LogP contribution in [0.2, 0.25) is 5.02 Å². The van der Waals surface area contributed by atoms with E-state index < -0.39 is 11.9 Å². The summed E-state index contributed by atoms with van der Waals surface area (Å²) in [7, 11) is 0. The number of aliphatic imine (C=N–C) groups is 1. The van der Waals surface area contributed by atoms with Gasteiger partial charge in [0.2, 0.25) is 5.91 Å². The first-order chi connectivity index (χ1) is 16.0. The number of hydrogen-bond donors (Lipinski definition) is 3. The van der Waals surface area contributed by atoms with Gasteiger partial charge in [-0.15, -0.1) is 0 Å². The van der Waals surface area contributed by atoms with E-state index in [4.69, 9.17) is 21.4 Å².